The van der Waals surface area contributed by atoms with Gasteiger partial charge in [-0.1, -0.05) is 54.6 Å². The SMILES string of the molecule is Cc1ccccc1Cn1c(=O)c(-c2cccc(S(=O)(=O)c3ccccc3)c2C)cc2cnc(Nc3ccc(N(C)C4CCCNC4)cc3)nc21. The van der Waals surface area contributed by atoms with E-state index in [2.05, 4.69) is 39.7 Å². The zero-order valence-electron chi connectivity index (χ0n) is 28.4. The van der Waals surface area contributed by atoms with Crippen LogP contribution in [0.15, 0.2) is 124 Å². The fourth-order valence-electron chi connectivity index (χ4n) is 6.72. The lowest BCUT2D eigenvalue weighted by atomic mass is 10.0. The van der Waals surface area contributed by atoms with Crippen LogP contribution in [0.5, 0.6) is 0 Å². The second-order valence-electron chi connectivity index (χ2n) is 12.9. The monoisotopic (exact) mass is 684 g/mol. The van der Waals surface area contributed by atoms with Gasteiger partial charge in [0.05, 0.1) is 16.3 Å². The van der Waals surface area contributed by atoms with Gasteiger partial charge in [-0.3, -0.25) is 9.36 Å². The molecule has 0 saturated carbocycles. The number of fused-ring (bicyclic) bond motifs is 1. The molecule has 1 aliphatic rings. The predicted molar refractivity (Wildman–Crippen MR) is 200 cm³/mol. The van der Waals surface area contributed by atoms with Gasteiger partial charge in [-0.25, -0.2) is 13.4 Å². The van der Waals surface area contributed by atoms with Crippen LogP contribution in [-0.4, -0.2) is 49.1 Å². The Morgan fingerprint density at radius 3 is 2.42 bits per heavy atom. The number of pyridine rings is 1. The third kappa shape index (κ3) is 6.51. The Morgan fingerprint density at radius 2 is 1.68 bits per heavy atom. The summed E-state index contributed by atoms with van der Waals surface area (Å²) in [6.07, 6.45) is 4.05. The standard InChI is InChI=1S/C40H40N6O3S/c1-27-11-7-8-12-29(27)26-46-38-30(24-42-40(44-38)43-31-18-20-32(21-19-31)45(3)33-13-10-22-41-25-33)23-36(39(46)47)35-16-9-17-37(28(35)2)50(48,49)34-14-5-4-6-15-34/h4-9,11-12,14-21,23-24,33,41H,10,13,22,25-26H2,1-3H3,(H,42,43,44). The van der Waals surface area contributed by atoms with Crippen LogP contribution < -0.4 is 21.1 Å². The third-order valence-electron chi connectivity index (χ3n) is 9.68. The van der Waals surface area contributed by atoms with E-state index < -0.39 is 9.84 Å². The molecule has 0 amide bonds. The van der Waals surface area contributed by atoms with E-state index in [1.165, 1.54) is 6.42 Å². The topological polar surface area (TPSA) is 109 Å². The van der Waals surface area contributed by atoms with E-state index in [1.807, 2.05) is 43.3 Å². The molecule has 0 spiro atoms. The number of nitrogens with zero attached hydrogens (tertiary/aromatic N) is 4. The summed E-state index contributed by atoms with van der Waals surface area (Å²) >= 11 is 0. The van der Waals surface area contributed by atoms with Crippen LogP contribution in [0.1, 0.15) is 29.5 Å². The summed E-state index contributed by atoms with van der Waals surface area (Å²) in [6, 6.07) is 31.8. The first-order valence-electron chi connectivity index (χ1n) is 16.9. The Bertz CT molecular complexity index is 2330. The van der Waals surface area contributed by atoms with Crippen LogP contribution in [0.4, 0.5) is 17.3 Å². The number of aryl methyl sites for hydroxylation is 1. The fraction of sp³-hybridized carbons (Fsp3) is 0.225. The van der Waals surface area contributed by atoms with Crippen LogP contribution in [0.3, 0.4) is 0 Å². The molecule has 3 heterocycles. The Labute approximate surface area is 292 Å². The van der Waals surface area contributed by atoms with Crippen molar-refractivity contribution >= 4 is 38.2 Å². The lowest BCUT2D eigenvalue weighted by molar-refractivity contribution is 0.445. The molecule has 4 aromatic carbocycles. The number of nitrogens with one attached hydrogen (secondary N) is 2. The number of piperidine rings is 1. The average Bonchev–Trinajstić information content (AvgIpc) is 3.14. The molecule has 1 aliphatic heterocycles. The summed E-state index contributed by atoms with van der Waals surface area (Å²) in [5.74, 6) is 0.368. The molecular weight excluding hydrogens is 645 g/mol. The number of likely N-dealkylation sites (N-methyl/N-ethyl adjacent to an activating group) is 1. The molecule has 0 bridgehead atoms. The minimum absolute atomic E-state index is 0.162. The first-order valence-corrected chi connectivity index (χ1v) is 18.3. The normalized spacial score (nSPS) is 14.8. The zero-order chi connectivity index (χ0) is 34.8. The van der Waals surface area contributed by atoms with Gasteiger partial charge in [0, 0.05) is 48.2 Å². The Balaban J connectivity index is 1.28. The molecule has 0 aliphatic carbocycles. The van der Waals surface area contributed by atoms with Gasteiger partial charge in [-0.05, 0) is 104 Å². The van der Waals surface area contributed by atoms with Crippen molar-refractivity contribution in [1.29, 1.82) is 0 Å². The van der Waals surface area contributed by atoms with Crippen molar-refractivity contribution in [3.63, 3.8) is 0 Å². The van der Waals surface area contributed by atoms with Crippen molar-refractivity contribution in [3.05, 3.63) is 136 Å². The summed E-state index contributed by atoms with van der Waals surface area (Å²) in [5, 5.41) is 7.46. The van der Waals surface area contributed by atoms with Gasteiger partial charge in [-0.15, -0.1) is 0 Å². The van der Waals surface area contributed by atoms with Gasteiger partial charge < -0.3 is 15.5 Å². The molecule has 1 fully saturated rings. The van der Waals surface area contributed by atoms with Crippen molar-refractivity contribution < 1.29 is 8.42 Å². The Morgan fingerprint density at radius 1 is 0.920 bits per heavy atom. The van der Waals surface area contributed by atoms with Gasteiger partial charge in [0.2, 0.25) is 15.8 Å². The summed E-state index contributed by atoms with van der Waals surface area (Å²) < 4.78 is 29.0. The molecule has 7 rings (SSSR count). The number of aromatic nitrogens is 3. The molecule has 2 aromatic heterocycles. The molecule has 6 aromatic rings. The summed E-state index contributed by atoms with van der Waals surface area (Å²) in [5.41, 5.74) is 5.63. The van der Waals surface area contributed by atoms with E-state index in [0.717, 1.165) is 42.0 Å². The van der Waals surface area contributed by atoms with Gasteiger partial charge in [0.15, 0.2) is 0 Å². The van der Waals surface area contributed by atoms with Crippen molar-refractivity contribution in [3.8, 4) is 11.1 Å². The van der Waals surface area contributed by atoms with Crippen LogP contribution in [0.25, 0.3) is 22.2 Å². The predicted octanol–water partition coefficient (Wildman–Crippen LogP) is 6.89. The Kier molecular flexibility index (Phi) is 9.22. The average molecular weight is 685 g/mol. The second kappa shape index (κ2) is 13.9. The maximum absolute atomic E-state index is 14.5. The number of sulfone groups is 1. The van der Waals surface area contributed by atoms with E-state index in [9.17, 15) is 13.2 Å². The first kappa shape index (κ1) is 33.2. The van der Waals surface area contributed by atoms with E-state index in [4.69, 9.17) is 4.98 Å². The van der Waals surface area contributed by atoms with Crippen molar-refractivity contribution in [1.82, 2.24) is 19.9 Å². The molecule has 10 heteroatoms. The maximum Gasteiger partial charge on any atom is 0.260 e. The quantitative estimate of drug-likeness (QED) is 0.170. The van der Waals surface area contributed by atoms with Gasteiger partial charge in [0.25, 0.3) is 5.56 Å². The lowest BCUT2D eigenvalue weighted by Crippen LogP contribution is -2.44. The summed E-state index contributed by atoms with van der Waals surface area (Å²) in [4.78, 5) is 26.7. The largest absolute Gasteiger partial charge is 0.370 e. The van der Waals surface area contributed by atoms with Gasteiger partial charge in [0.1, 0.15) is 5.65 Å². The third-order valence-corrected chi connectivity index (χ3v) is 11.6. The highest BCUT2D eigenvalue weighted by Crippen LogP contribution is 2.32. The van der Waals surface area contributed by atoms with E-state index in [-0.39, 0.29) is 21.9 Å². The molecule has 9 nitrogen and oxygen atoms in total. The minimum atomic E-state index is -3.82. The molecule has 1 atom stereocenters. The van der Waals surface area contributed by atoms with E-state index in [0.29, 0.717) is 39.7 Å². The second-order valence-corrected chi connectivity index (χ2v) is 14.8. The molecule has 50 heavy (non-hydrogen) atoms. The van der Waals surface area contributed by atoms with Crippen LogP contribution in [-0.2, 0) is 16.4 Å². The Hall–Kier alpha value is -5.32. The fourth-order valence-corrected chi connectivity index (χ4v) is 8.26. The van der Waals surface area contributed by atoms with Crippen LogP contribution >= 0.6 is 0 Å². The lowest BCUT2D eigenvalue weighted by Gasteiger charge is -2.33. The highest BCUT2D eigenvalue weighted by Gasteiger charge is 2.24. The number of hydrogen-bond donors (Lipinski definition) is 2. The van der Waals surface area contributed by atoms with E-state index in [1.54, 1.807) is 72.3 Å². The zero-order valence-corrected chi connectivity index (χ0v) is 29.2. The minimum Gasteiger partial charge on any atom is -0.370 e. The highest BCUT2D eigenvalue weighted by molar-refractivity contribution is 7.91. The van der Waals surface area contributed by atoms with Gasteiger partial charge in [-0.2, -0.15) is 4.98 Å². The smallest absolute Gasteiger partial charge is 0.260 e. The first-order chi connectivity index (χ1) is 24.2. The summed E-state index contributed by atoms with van der Waals surface area (Å²) in [6.45, 7) is 6.10. The number of rotatable bonds is 9. The van der Waals surface area contributed by atoms with Crippen molar-refractivity contribution in [2.24, 2.45) is 0 Å². The number of benzene rings is 4. The molecule has 1 saturated heterocycles. The van der Waals surface area contributed by atoms with Crippen molar-refractivity contribution in [2.75, 3.05) is 30.4 Å². The molecule has 1 unspecified atom stereocenters. The molecule has 254 valence electrons. The molecular formula is C40H40N6O3S. The summed E-state index contributed by atoms with van der Waals surface area (Å²) in [7, 11) is -1.68. The maximum atomic E-state index is 14.5. The highest BCUT2D eigenvalue weighted by atomic mass is 32.2. The molecule has 2 N–H and O–H groups in total. The number of anilines is 3. The van der Waals surface area contributed by atoms with Crippen LogP contribution in [0.2, 0.25) is 0 Å². The van der Waals surface area contributed by atoms with Gasteiger partial charge >= 0.3 is 0 Å². The number of hydrogen-bond acceptors (Lipinski definition) is 8. The van der Waals surface area contributed by atoms with Crippen molar-refractivity contribution in [2.45, 2.75) is 49.1 Å². The van der Waals surface area contributed by atoms with E-state index >= 15 is 0 Å². The molecule has 0 radical (unpaired) electrons. The van der Waals surface area contributed by atoms with Crippen LogP contribution in [0, 0.1) is 13.8 Å².